The Morgan fingerprint density at radius 3 is 2.83 bits per heavy atom. The minimum atomic E-state index is -1.88. The van der Waals surface area contributed by atoms with Crippen LogP contribution in [0, 0.1) is 0 Å². The van der Waals surface area contributed by atoms with Crippen molar-refractivity contribution in [2.75, 3.05) is 11.5 Å². The average Bonchev–Trinajstić information content (AvgIpc) is 2.32. The highest BCUT2D eigenvalue weighted by Crippen LogP contribution is 2.18. The summed E-state index contributed by atoms with van der Waals surface area (Å²) in [4.78, 5) is 0. The lowest BCUT2D eigenvalue weighted by atomic mass is 10.5. The van der Waals surface area contributed by atoms with E-state index in [1.54, 1.807) is 16.9 Å². The van der Waals surface area contributed by atoms with Crippen molar-refractivity contribution in [1.82, 2.24) is 9.78 Å². The fourth-order valence-corrected chi connectivity index (χ4v) is 2.51. The zero-order valence-corrected chi connectivity index (χ0v) is 7.75. The third kappa shape index (κ3) is 1.36. The van der Waals surface area contributed by atoms with Crippen molar-refractivity contribution < 1.29 is 4.21 Å². The molecule has 0 N–H and O–H groups in total. The monoisotopic (exact) mass is 185 g/mol. The van der Waals surface area contributed by atoms with E-state index in [1.165, 1.54) is 0 Å². The van der Waals surface area contributed by atoms with E-state index in [1.807, 2.05) is 7.05 Å². The van der Waals surface area contributed by atoms with Gasteiger partial charge in [-0.05, 0) is 6.42 Å². The molecule has 12 heavy (non-hydrogen) atoms. The second kappa shape index (κ2) is 2.58. The summed E-state index contributed by atoms with van der Waals surface area (Å²) in [5.41, 5.74) is 0. The van der Waals surface area contributed by atoms with E-state index in [4.69, 9.17) is 0 Å². The van der Waals surface area contributed by atoms with Gasteiger partial charge in [-0.2, -0.15) is 9.46 Å². The van der Waals surface area contributed by atoms with Gasteiger partial charge < -0.3 is 0 Å². The molecule has 2 rings (SSSR count). The fourth-order valence-electron chi connectivity index (χ4n) is 1.10. The van der Waals surface area contributed by atoms with Crippen molar-refractivity contribution >= 4 is 15.5 Å². The van der Waals surface area contributed by atoms with E-state index in [9.17, 15) is 4.21 Å². The van der Waals surface area contributed by atoms with Crippen molar-refractivity contribution in [2.24, 2.45) is 11.4 Å². The van der Waals surface area contributed by atoms with Crippen LogP contribution in [0.25, 0.3) is 0 Å². The predicted molar refractivity (Wildman–Crippen MR) is 47.8 cm³/mol. The van der Waals surface area contributed by atoms with Gasteiger partial charge in [0.1, 0.15) is 0 Å². The van der Waals surface area contributed by atoms with E-state index in [-0.39, 0.29) is 0 Å². The van der Waals surface area contributed by atoms with E-state index in [0.29, 0.717) is 5.82 Å². The number of hydrogen-bond acceptors (Lipinski definition) is 3. The molecule has 1 aromatic heterocycles. The highest BCUT2D eigenvalue weighted by Gasteiger charge is 2.19. The van der Waals surface area contributed by atoms with E-state index >= 15 is 0 Å². The van der Waals surface area contributed by atoms with Gasteiger partial charge in [0.25, 0.3) is 0 Å². The van der Waals surface area contributed by atoms with Gasteiger partial charge in [0.2, 0.25) is 0 Å². The van der Waals surface area contributed by atoms with Crippen LogP contribution in [0.1, 0.15) is 6.42 Å². The minimum absolute atomic E-state index is 0.599. The molecular weight excluding hydrogens is 174 g/mol. The van der Waals surface area contributed by atoms with E-state index in [0.717, 1.165) is 17.9 Å². The summed E-state index contributed by atoms with van der Waals surface area (Å²) < 4.78 is 17.4. The number of rotatable bonds is 1. The number of aryl methyl sites for hydroxylation is 1. The molecular formula is C7H11N3OS. The summed E-state index contributed by atoms with van der Waals surface area (Å²) in [7, 11) is -0.0535. The largest absolute Gasteiger partial charge is 0.274 e. The number of nitrogens with zero attached hydrogens (tertiary/aromatic N) is 3. The molecule has 0 amide bonds. The van der Waals surface area contributed by atoms with Crippen LogP contribution in [0.4, 0.5) is 5.82 Å². The maximum atomic E-state index is 11.6. The molecule has 1 aliphatic rings. The molecule has 0 atom stereocenters. The van der Waals surface area contributed by atoms with Crippen LogP contribution < -0.4 is 0 Å². The molecule has 0 spiro atoms. The summed E-state index contributed by atoms with van der Waals surface area (Å²) in [5.74, 6) is 2.08. The molecule has 0 radical (unpaired) electrons. The van der Waals surface area contributed by atoms with Gasteiger partial charge in [-0.3, -0.25) is 4.68 Å². The lowest BCUT2D eigenvalue weighted by Gasteiger charge is -2.16. The number of aromatic nitrogens is 2. The lowest BCUT2D eigenvalue weighted by molar-refractivity contribution is 0.663. The molecule has 1 fully saturated rings. The van der Waals surface area contributed by atoms with Crippen LogP contribution in [0.5, 0.6) is 0 Å². The molecule has 4 nitrogen and oxygen atoms in total. The Labute approximate surface area is 71.8 Å². The molecule has 1 saturated heterocycles. The smallest absolute Gasteiger partial charge is 0.183 e. The highest BCUT2D eigenvalue weighted by atomic mass is 32.2. The second-order valence-corrected chi connectivity index (χ2v) is 5.52. The summed E-state index contributed by atoms with van der Waals surface area (Å²) in [6, 6.07) is 1.78. The molecule has 0 aromatic carbocycles. The summed E-state index contributed by atoms with van der Waals surface area (Å²) in [6.07, 6.45) is 2.84. The van der Waals surface area contributed by atoms with Crippen molar-refractivity contribution in [3.63, 3.8) is 0 Å². The van der Waals surface area contributed by atoms with E-state index in [2.05, 4.69) is 9.46 Å². The maximum Gasteiger partial charge on any atom is 0.183 e. The normalized spacial score (nSPS) is 20.1. The molecule has 5 heteroatoms. The molecule has 1 aromatic rings. The van der Waals surface area contributed by atoms with Crippen LogP contribution >= 0.6 is 0 Å². The van der Waals surface area contributed by atoms with Gasteiger partial charge in [0, 0.05) is 30.8 Å². The third-order valence-electron chi connectivity index (χ3n) is 1.89. The molecule has 0 aliphatic carbocycles. The Bertz CT molecular complexity index is 391. The molecule has 0 bridgehead atoms. The fraction of sp³-hybridized carbons (Fsp3) is 0.571. The first-order chi connectivity index (χ1) is 5.68. The van der Waals surface area contributed by atoms with Crippen molar-refractivity contribution in [1.29, 1.82) is 0 Å². The van der Waals surface area contributed by atoms with Crippen LogP contribution in [-0.4, -0.2) is 25.5 Å². The molecule has 66 valence electrons. The van der Waals surface area contributed by atoms with Gasteiger partial charge in [0.05, 0.1) is 9.73 Å². The maximum absolute atomic E-state index is 11.6. The van der Waals surface area contributed by atoms with Crippen LogP contribution in [0.2, 0.25) is 0 Å². The molecule has 2 heterocycles. The quantitative estimate of drug-likeness (QED) is 0.653. The van der Waals surface area contributed by atoms with Crippen molar-refractivity contribution in [2.45, 2.75) is 6.42 Å². The van der Waals surface area contributed by atoms with Crippen LogP contribution in [0.15, 0.2) is 16.6 Å². The zero-order chi connectivity index (χ0) is 8.60. The summed E-state index contributed by atoms with van der Waals surface area (Å²) >= 11 is 0. The van der Waals surface area contributed by atoms with E-state index < -0.39 is 9.73 Å². The first-order valence-corrected chi connectivity index (χ1v) is 5.75. The summed E-state index contributed by atoms with van der Waals surface area (Å²) in [6.45, 7) is 0. The summed E-state index contributed by atoms with van der Waals surface area (Å²) in [5, 5.41) is 4.05. The second-order valence-electron chi connectivity index (χ2n) is 2.97. The molecule has 0 saturated carbocycles. The standard InChI is InChI=1S/C7H11N3OS/c1-10-4-3-7(8-10)9-12(11)5-2-6-12/h3-4H,2,5-6H2,1H3. The lowest BCUT2D eigenvalue weighted by Crippen LogP contribution is -2.22. The Morgan fingerprint density at radius 1 is 1.67 bits per heavy atom. The predicted octanol–water partition coefficient (Wildman–Crippen LogP) is 0.923. The Hall–Kier alpha value is -0.840. The Kier molecular flexibility index (Phi) is 1.68. The average molecular weight is 185 g/mol. The van der Waals surface area contributed by atoms with Crippen LogP contribution in [-0.2, 0) is 16.8 Å². The zero-order valence-electron chi connectivity index (χ0n) is 6.93. The first kappa shape index (κ1) is 7.79. The highest BCUT2D eigenvalue weighted by molar-refractivity contribution is 7.95. The van der Waals surface area contributed by atoms with Gasteiger partial charge in [0.15, 0.2) is 5.82 Å². The molecule has 0 unspecified atom stereocenters. The van der Waals surface area contributed by atoms with Crippen LogP contribution in [0.3, 0.4) is 0 Å². The first-order valence-electron chi connectivity index (χ1n) is 3.90. The topological polar surface area (TPSA) is 47.2 Å². The minimum Gasteiger partial charge on any atom is -0.274 e. The number of hydrogen-bond donors (Lipinski definition) is 0. The van der Waals surface area contributed by atoms with Gasteiger partial charge in [-0.1, -0.05) is 0 Å². The Balaban J connectivity index is 2.33. The third-order valence-corrected chi connectivity index (χ3v) is 4.26. The SMILES string of the molecule is Cn1ccc(N=S2(=O)CCC2)n1. The van der Waals surface area contributed by atoms with Crippen molar-refractivity contribution in [3.8, 4) is 0 Å². The Morgan fingerprint density at radius 2 is 2.42 bits per heavy atom. The van der Waals surface area contributed by atoms with Crippen molar-refractivity contribution in [3.05, 3.63) is 12.3 Å². The molecule has 1 aliphatic heterocycles. The van der Waals surface area contributed by atoms with Gasteiger partial charge >= 0.3 is 0 Å². The van der Waals surface area contributed by atoms with Gasteiger partial charge in [-0.25, -0.2) is 4.21 Å². The van der Waals surface area contributed by atoms with Gasteiger partial charge in [-0.15, -0.1) is 0 Å².